The number of ketones is 1. The number of ether oxygens (including phenoxy) is 2. The van der Waals surface area contributed by atoms with Crippen molar-refractivity contribution in [2.24, 2.45) is 0 Å². The second kappa shape index (κ2) is 9.01. The van der Waals surface area contributed by atoms with Crippen molar-refractivity contribution < 1.29 is 24.5 Å². The molecular formula is C23H25BrO5. The lowest BCUT2D eigenvalue weighted by molar-refractivity contribution is -0.00462. The van der Waals surface area contributed by atoms with E-state index in [2.05, 4.69) is 15.9 Å². The van der Waals surface area contributed by atoms with Gasteiger partial charge in [-0.1, -0.05) is 53.4 Å². The monoisotopic (exact) mass is 460 g/mol. The van der Waals surface area contributed by atoms with Gasteiger partial charge in [-0.25, -0.2) is 0 Å². The molecule has 29 heavy (non-hydrogen) atoms. The number of allylic oxidation sites excluding steroid dienone is 1. The minimum atomic E-state index is -1.23. The lowest BCUT2D eigenvalue weighted by atomic mass is 9.78. The Morgan fingerprint density at radius 3 is 2.28 bits per heavy atom. The second-order valence-electron chi connectivity index (χ2n) is 7.22. The molecule has 2 aromatic rings. The number of aromatic hydroxyl groups is 1. The van der Waals surface area contributed by atoms with Gasteiger partial charge >= 0.3 is 0 Å². The van der Waals surface area contributed by atoms with Gasteiger partial charge in [0.1, 0.15) is 22.8 Å². The zero-order valence-corrected chi connectivity index (χ0v) is 18.2. The molecular weight excluding hydrogens is 436 g/mol. The number of hydrogen-bond acceptors (Lipinski definition) is 5. The van der Waals surface area contributed by atoms with E-state index < -0.39 is 11.4 Å². The highest BCUT2D eigenvalue weighted by molar-refractivity contribution is 9.10. The summed E-state index contributed by atoms with van der Waals surface area (Å²) in [4.78, 5) is 13.0. The number of phenolic OH excluding ortho intramolecular Hbond substituents is 1. The fraction of sp³-hybridized carbons (Fsp3) is 0.348. The van der Waals surface area contributed by atoms with Crippen molar-refractivity contribution in [1.29, 1.82) is 0 Å². The number of methoxy groups -OCH3 is 2. The molecule has 6 heteroatoms. The van der Waals surface area contributed by atoms with E-state index in [9.17, 15) is 15.0 Å². The molecule has 3 rings (SSSR count). The van der Waals surface area contributed by atoms with E-state index in [1.54, 1.807) is 12.1 Å². The zero-order valence-electron chi connectivity index (χ0n) is 16.6. The van der Waals surface area contributed by atoms with Crippen molar-refractivity contribution >= 4 is 27.8 Å². The number of phenols is 1. The summed E-state index contributed by atoms with van der Waals surface area (Å²) < 4.78 is 11.7. The van der Waals surface area contributed by atoms with Crippen LogP contribution in [0.15, 0.2) is 40.9 Å². The predicted molar refractivity (Wildman–Crippen MR) is 116 cm³/mol. The summed E-state index contributed by atoms with van der Waals surface area (Å²) in [5, 5.41) is 22.3. The highest BCUT2D eigenvalue weighted by Crippen LogP contribution is 2.49. The lowest BCUT2D eigenvalue weighted by Crippen LogP contribution is -2.29. The summed E-state index contributed by atoms with van der Waals surface area (Å²) in [7, 11) is 2.90. The molecule has 0 atom stereocenters. The first-order valence-electron chi connectivity index (χ1n) is 9.58. The molecule has 0 radical (unpaired) electrons. The molecule has 1 saturated carbocycles. The summed E-state index contributed by atoms with van der Waals surface area (Å²) in [5.74, 6) is -0.174. The van der Waals surface area contributed by atoms with Crippen LogP contribution in [-0.2, 0) is 5.60 Å². The maximum atomic E-state index is 13.0. The van der Waals surface area contributed by atoms with Crippen LogP contribution in [0.3, 0.4) is 0 Å². The average Bonchev–Trinajstić information content (AvgIpc) is 2.72. The standard InChI is InChI=1S/C23H25BrO5/c1-28-18-14-19(29-2)21(23(27)12-4-3-5-13-23)22(26)20(18)17(25)11-8-15-6-9-16(24)10-7-15/h6-11,14,26-27H,3-5,12-13H2,1-2H3. The molecule has 2 aromatic carbocycles. The highest BCUT2D eigenvalue weighted by Gasteiger charge is 2.39. The Bertz CT molecular complexity index is 912. The summed E-state index contributed by atoms with van der Waals surface area (Å²) in [5.41, 5.74) is -0.0964. The van der Waals surface area contributed by atoms with Crippen LogP contribution in [0, 0.1) is 0 Å². The molecule has 154 valence electrons. The molecule has 2 N–H and O–H groups in total. The van der Waals surface area contributed by atoms with Gasteiger partial charge in [0.2, 0.25) is 0 Å². The Morgan fingerprint density at radius 1 is 1.07 bits per heavy atom. The van der Waals surface area contributed by atoms with Gasteiger partial charge < -0.3 is 19.7 Å². The van der Waals surface area contributed by atoms with Crippen LogP contribution in [0.25, 0.3) is 6.08 Å². The van der Waals surface area contributed by atoms with Crippen molar-refractivity contribution in [2.75, 3.05) is 14.2 Å². The largest absolute Gasteiger partial charge is 0.506 e. The molecule has 1 aliphatic rings. The Morgan fingerprint density at radius 2 is 1.69 bits per heavy atom. The normalized spacial score (nSPS) is 16.0. The molecule has 0 aliphatic heterocycles. The predicted octanol–water partition coefficient (Wildman–Crippen LogP) is 5.22. The van der Waals surface area contributed by atoms with Crippen LogP contribution >= 0.6 is 15.9 Å². The van der Waals surface area contributed by atoms with Crippen molar-refractivity contribution in [2.45, 2.75) is 37.7 Å². The van der Waals surface area contributed by atoms with E-state index in [1.807, 2.05) is 24.3 Å². The smallest absolute Gasteiger partial charge is 0.193 e. The number of halogens is 1. The van der Waals surface area contributed by atoms with Crippen molar-refractivity contribution in [3.63, 3.8) is 0 Å². The van der Waals surface area contributed by atoms with Gasteiger partial charge in [-0.15, -0.1) is 0 Å². The summed E-state index contributed by atoms with van der Waals surface area (Å²) in [6.45, 7) is 0. The number of aliphatic hydroxyl groups is 1. The van der Waals surface area contributed by atoms with E-state index in [4.69, 9.17) is 9.47 Å². The first-order chi connectivity index (χ1) is 13.9. The van der Waals surface area contributed by atoms with E-state index >= 15 is 0 Å². The minimum Gasteiger partial charge on any atom is -0.506 e. The quantitative estimate of drug-likeness (QED) is 0.456. The molecule has 0 saturated heterocycles. The Hall–Kier alpha value is -2.31. The number of rotatable bonds is 6. The van der Waals surface area contributed by atoms with Crippen molar-refractivity contribution in [3.05, 3.63) is 57.6 Å². The third-order valence-corrected chi connectivity index (χ3v) is 5.89. The number of carbonyl (C=O) groups excluding carboxylic acids is 1. The first-order valence-corrected chi connectivity index (χ1v) is 10.4. The van der Waals surface area contributed by atoms with E-state index in [-0.39, 0.29) is 22.6 Å². The highest BCUT2D eigenvalue weighted by atomic mass is 79.9. The number of benzene rings is 2. The van der Waals surface area contributed by atoms with Gasteiger partial charge in [0.25, 0.3) is 0 Å². The van der Waals surface area contributed by atoms with Crippen LogP contribution < -0.4 is 9.47 Å². The summed E-state index contributed by atoms with van der Waals surface area (Å²) in [6.07, 6.45) is 6.80. The maximum absolute atomic E-state index is 13.0. The number of hydrogen-bond donors (Lipinski definition) is 2. The van der Waals surface area contributed by atoms with E-state index in [0.29, 0.717) is 18.6 Å². The van der Waals surface area contributed by atoms with E-state index in [0.717, 1.165) is 29.3 Å². The molecule has 0 spiro atoms. The molecule has 0 heterocycles. The van der Waals surface area contributed by atoms with Crippen LogP contribution in [0.1, 0.15) is 53.6 Å². The van der Waals surface area contributed by atoms with Gasteiger partial charge in [0.05, 0.1) is 25.4 Å². The number of carbonyl (C=O) groups is 1. The van der Waals surface area contributed by atoms with Crippen molar-refractivity contribution in [3.8, 4) is 17.2 Å². The van der Waals surface area contributed by atoms with Gasteiger partial charge in [-0.2, -0.15) is 0 Å². The Kier molecular flexibility index (Phi) is 6.65. The third kappa shape index (κ3) is 4.49. The molecule has 1 fully saturated rings. The van der Waals surface area contributed by atoms with Crippen LogP contribution in [0.4, 0.5) is 0 Å². The zero-order chi connectivity index (χ0) is 21.0. The van der Waals surface area contributed by atoms with Gasteiger partial charge in [-0.3, -0.25) is 4.79 Å². The molecule has 1 aliphatic carbocycles. The molecule has 0 aromatic heterocycles. The molecule has 0 bridgehead atoms. The van der Waals surface area contributed by atoms with E-state index in [1.165, 1.54) is 20.3 Å². The molecule has 0 unspecified atom stereocenters. The lowest BCUT2D eigenvalue weighted by Gasteiger charge is -2.34. The van der Waals surface area contributed by atoms with Gasteiger partial charge in [0, 0.05) is 10.5 Å². The minimum absolute atomic E-state index is 0.0238. The van der Waals surface area contributed by atoms with Crippen molar-refractivity contribution in [1.82, 2.24) is 0 Å². The maximum Gasteiger partial charge on any atom is 0.193 e. The van der Waals surface area contributed by atoms with Gasteiger partial charge in [0.15, 0.2) is 5.78 Å². The summed E-state index contributed by atoms with van der Waals surface area (Å²) >= 11 is 3.38. The third-order valence-electron chi connectivity index (χ3n) is 5.36. The first kappa shape index (κ1) is 21.4. The Balaban J connectivity index is 2.06. The van der Waals surface area contributed by atoms with Crippen LogP contribution in [0.2, 0.25) is 0 Å². The second-order valence-corrected chi connectivity index (χ2v) is 8.14. The molecule has 5 nitrogen and oxygen atoms in total. The van der Waals surface area contributed by atoms with Crippen LogP contribution in [0.5, 0.6) is 17.2 Å². The SMILES string of the molecule is COc1cc(OC)c(C2(O)CCCCC2)c(O)c1C(=O)C=Cc1ccc(Br)cc1. The fourth-order valence-electron chi connectivity index (χ4n) is 3.85. The summed E-state index contributed by atoms with van der Waals surface area (Å²) in [6, 6.07) is 9.06. The average molecular weight is 461 g/mol. The topological polar surface area (TPSA) is 76.0 Å². The molecule has 0 amide bonds. The van der Waals surface area contributed by atoms with Gasteiger partial charge in [-0.05, 0) is 36.6 Å². The fourth-order valence-corrected chi connectivity index (χ4v) is 4.11. The van der Waals surface area contributed by atoms with Crippen LogP contribution in [-0.4, -0.2) is 30.2 Å². The Labute approximate surface area is 179 Å².